The molecule has 0 saturated carbocycles. The molecule has 2 aromatic carbocycles. The number of hydrogen-bond acceptors (Lipinski definition) is 4. The van der Waals surface area contributed by atoms with Gasteiger partial charge in [0, 0.05) is 0 Å². The molecule has 0 unspecified atom stereocenters. The summed E-state index contributed by atoms with van der Waals surface area (Å²) in [6.45, 7) is 2.37. The van der Waals surface area contributed by atoms with E-state index in [9.17, 15) is 14.4 Å². The fraction of sp³-hybridized carbons (Fsp3) is 0.150. The number of carbonyl (C=O) groups is 3. The predicted molar refractivity (Wildman–Crippen MR) is 118 cm³/mol. The molecule has 10 heteroatoms. The van der Waals surface area contributed by atoms with Gasteiger partial charge in [0.2, 0.25) is 0 Å². The first-order valence-corrected chi connectivity index (χ1v) is 10.2. The fourth-order valence-electron chi connectivity index (χ4n) is 2.69. The van der Waals surface area contributed by atoms with Crippen LogP contribution in [-0.2, 0) is 9.59 Å². The maximum atomic E-state index is 12.9. The van der Waals surface area contributed by atoms with Crippen LogP contribution in [0.4, 0.5) is 10.5 Å². The van der Waals surface area contributed by atoms with E-state index in [1.54, 1.807) is 0 Å². The maximum absolute atomic E-state index is 12.9. The first kappa shape index (κ1) is 22.4. The molecule has 3 rings (SSSR count). The molecule has 6 nitrogen and oxygen atoms in total. The summed E-state index contributed by atoms with van der Waals surface area (Å²) in [6, 6.07) is 6.33. The van der Waals surface area contributed by atoms with E-state index < -0.39 is 17.8 Å². The van der Waals surface area contributed by atoms with Gasteiger partial charge in [-0.15, -0.1) is 0 Å². The van der Waals surface area contributed by atoms with Crippen LogP contribution in [0.25, 0.3) is 6.08 Å². The number of amides is 4. The largest absolute Gasteiger partial charge is 0.490 e. The monoisotopic (exact) mass is 486 g/mol. The summed E-state index contributed by atoms with van der Waals surface area (Å²) in [4.78, 5) is 38.3. The van der Waals surface area contributed by atoms with E-state index >= 15 is 0 Å². The summed E-state index contributed by atoms with van der Waals surface area (Å²) < 4.78 is 5.51. The topological polar surface area (TPSA) is 75.7 Å². The zero-order chi connectivity index (χ0) is 22.0. The van der Waals surface area contributed by atoms with E-state index in [1.165, 1.54) is 36.4 Å². The van der Waals surface area contributed by atoms with Gasteiger partial charge in [-0.05, 0) is 48.4 Å². The second-order valence-corrected chi connectivity index (χ2v) is 7.85. The van der Waals surface area contributed by atoms with Gasteiger partial charge in [-0.2, -0.15) is 0 Å². The number of barbiturate groups is 1. The van der Waals surface area contributed by atoms with Gasteiger partial charge in [0.25, 0.3) is 11.8 Å². The van der Waals surface area contributed by atoms with E-state index in [1.807, 2.05) is 6.92 Å². The van der Waals surface area contributed by atoms with Gasteiger partial charge < -0.3 is 4.74 Å². The second kappa shape index (κ2) is 9.27. The Balaban J connectivity index is 1.99. The lowest BCUT2D eigenvalue weighted by Gasteiger charge is -2.26. The number of hydrogen-bond donors (Lipinski definition) is 1. The first-order chi connectivity index (χ1) is 14.2. The third-order valence-corrected chi connectivity index (χ3v) is 5.35. The predicted octanol–water partition coefficient (Wildman–Crippen LogP) is 5.76. The Labute approximate surface area is 192 Å². The molecule has 30 heavy (non-hydrogen) atoms. The molecular formula is C20H14Cl4N2O4. The molecule has 1 saturated heterocycles. The summed E-state index contributed by atoms with van der Waals surface area (Å²) in [5, 5.41) is 2.98. The van der Waals surface area contributed by atoms with Crippen molar-refractivity contribution in [2.45, 2.75) is 13.3 Å². The number of rotatable bonds is 5. The molecule has 1 N–H and O–H groups in total. The third-order valence-electron chi connectivity index (χ3n) is 4.05. The Hall–Kier alpha value is -2.25. The first-order valence-electron chi connectivity index (χ1n) is 8.71. The highest BCUT2D eigenvalue weighted by Gasteiger charge is 2.37. The Bertz CT molecular complexity index is 1060. The molecule has 0 radical (unpaired) electrons. The van der Waals surface area contributed by atoms with Crippen molar-refractivity contribution in [3.05, 3.63) is 61.6 Å². The maximum Gasteiger partial charge on any atom is 0.335 e. The highest BCUT2D eigenvalue weighted by atomic mass is 35.5. The molecule has 0 bridgehead atoms. The second-order valence-electron chi connectivity index (χ2n) is 6.22. The van der Waals surface area contributed by atoms with Crippen LogP contribution in [0.15, 0.2) is 35.9 Å². The van der Waals surface area contributed by atoms with Gasteiger partial charge in [-0.25, -0.2) is 9.69 Å². The van der Waals surface area contributed by atoms with Crippen LogP contribution in [0.1, 0.15) is 18.9 Å². The molecule has 4 amide bonds. The van der Waals surface area contributed by atoms with E-state index in [0.717, 1.165) is 11.3 Å². The van der Waals surface area contributed by atoms with Gasteiger partial charge in [-0.1, -0.05) is 53.3 Å². The standard InChI is InChI=1S/C20H14Cl4N2O4/c1-2-5-30-17-15(23)7-10(8-16(17)24)6-12-18(27)25-20(29)26(19(12)28)11-3-4-13(21)14(22)9-11/h3-4,6-9H,2,5H2,1H3,(H,25,27,29)/b12-6-. The zero-order valence-corrected chi connectivity index (χ0v) is 18.5. The van der Waals surface area contributed by atoms with Gasteiger partial charge in [0.05, 0.1) is 32.4 Å². The number of imide groups is 2. The SMILES string of the molecule is CCCOc1c(Cl)cc(/C=C2/C(=O)NC(=O)N(c3ccc(Cl)c(Cl)c3)C2=O)cc1Cl. The lowest BCUT2D eigenvalue weighted by atomic mass is 10.1. The fourth-order valence-corrected chi connectivity index (χ4v) is 3.59. The van der Waals surface area contributed by atoms with Crippen molar-refractivity contribution in [2.24, 2.45) is 0 Å². The van der Waals surface area contributed by atoms with Crippen LogP contribution in [-0.4, -0.2) is 24.5 Å². The highest BCUT2D eigenvalue weighted by molar-refractivity contribution is 6.43. The van der Waals surface area contributed by atoms with Crippen molar-refractivity contribution < 1.29 is 19.1 Å². The van der Waals surface area contributed by atoms with E-state index in [2.05, 4.69) is 5.32 Å². The number of halogens is 4. The average Bonchev–Trinajstić information content (AvgIpc) is 2.67. The minimum absolute atomic E-state index is 0.151. The van der Waals surface area contributed by atoms with Crippen LogP contribution in [0.2, 0.25) is 20.1 Å². The quantitative estimate of drug-likeness (QED) is 0.430. The van der Waals surface area contributed by atoms with Crippen LogP contribution in [0, 0.1) is 0 Å². The summed E-state index contributed by atoms with van der Waals surface area (Å²) >= 11 is 24.3. The number of ether oxygens (including phenoxy) is 1. The van der Waals surface area contributed by atoms with Gasteiger partial charge in [0.15, 0.2) is 5.75 Å². The number of nitrogens with one attached hydrogen (secondary N) is 1. The smallest absolute Gasteiger partial charge is 0.335 e. The van der Waals surface area contributed by atoms with Crippen molar-refractivity contribution in [3.8, 4) is 5.75 Å². The minimum atomic E-state index is -0.903. The van der Waals surface area contributed by atoms with Gasteiger partial charge in [0.1, 0.15) is 5.57 Å². The Morgan fingerprint density at radius 2 is 1.63 bits per heavy atom. The number of urea groups is 1. The van der Waals surface area contributed by atoms with Gasteiger partial charge in [-0.3, -0.25) is 14.9 Å². The summed E-state index contributed by atoms with van der Waals surface area (Å²) in [5.74, 6) is -1.37. The van der Waals surface area contributed by atoms with Gasteiger partial charge >= 0.3 is 6.03 Å². The zero-order valence-electron chi connectivity index (χ0n) is 15.5. The number of benzene rings is 2. The lowest BCUT2D eigenvalue weighted by molar-refractivity contribution is -0.122. The molecule has 1 fully saturated rings. The molecule has 0 atom stereocenters. The lowest BCUT2D eigenvalue weighted by Crippen LogP contribution is -2.54. The van der Waals surface area contributed by atoms with Crippen LogP contribution in [0.5, 0.6) is 5.75 Å². The minimum Gasteiger partial charge on any atom is -0.490 e. The molecule has 1 heterocycles. The summed E-state index contributed by atoms with van der Waals surface area (Å²) in [6.07, 6.45) is 2.06. The molecule has 0 aliphatic carbocycles. The van der Waals surface area contributed by atoms with E-state index in [-0.39, 0.29) is 31.4 Å². The third kappa shape index (κ3) is 4.57. The number of anilines is 1. The van der Waals surface area contributed by atoms with E-state index in [0.29, 0.717) is 17.9 Å². The summed E-state index contributed by atoms with van der Waals surface area (Å²) in [7, 11) is 0. The molecule has 1 aliphatic heterocycles. The molecule has 0 spiro atoms. The van der Waals surface area contributed by atoms with E-state index in [4.69, 9.17) is 51.1 Å². The van der Waals surface area contributed by atoms with Crippen LogP contribution < -0.4 is 15.0 Å². The summed E-state index contributed by atoms with van der Waals surface area (Å²) in [5.41, 5.74) is 0.260. The molecule has 0 aromatic heterocycles. The Morgan fingerprint density at radius 1 is 0.967 bits per heavy atom. The van der Waals surface area contributed by atoms with Crippen molar-refractivity contribution in [1.82, 2.24) is 5.32 Å². The Kier molecular flexibility index (Phi) is 6.93. The van der Waals surface area contributed by atoms with Crippen molar-refractivity contribution in [1.29, 1.82) is 0 Å². The molecular weight excluding hydrogens is 474 g/mol. The van der Waals surface area contributed by atoms with Crippen LogP contribution >= 0.6 is 46.4 Å². The van der Waals surface area contributed by atoms with Crippen molar-refractivity contribution in [2.75, 3.05) is 11.5 Å². The molecule has 2 aromatic rings. The van der Waals surface area contributed by atoms with Crippen molar-refractivity contribution >= 4 is 76.0 Å². The number of nitrogens with zero attached hydrogens (tertiary/aromatic N) is 1. The van der Waals surface area contributed by atoms with Crippen LogP contribution in [0.3, 0.4) is 0 Å². The molecule has 1 aliphatic rings. The Morgan fingerprint density at radius 3 is 2.23 bits per heavy atom. The highest BCUT2D eigenvalue weighted by Crippen LogP contribution is 2.35. The van der Waals surface area contributed by atoms with Crippen molar-refractivity contribution in [3.63, 3.8) is 0 Å². The number of carbonyl (C=O) groups excluding carboxylic acids is 3. The molecule has 156 valence electrons. The normalized spacial score (nSPS) is 15.6. The average molecular weight is 488 g/mol.